The van der Waals surface area contributed by atoms with Gasteiger partial charge in [0.2, 0.25) is 0 Å². The molecule has 118 valence electrons. The van der Waals surface area contributed by atoms with Crippen molar-refractivity contribution in [2.45, 2.75) is 27.7 Å². The Hall–Kier alpha value is -1.58. The number of anilines is 1. The van der Waals surface area contributed by atoms with E-state index >= 15 is 0 Å². The van der Waals surface area contributed by atoms with Crippen LogP contribution in [0.2, 0.25) is 0 Å². The van der Waals surface area contributed by atoms with Gasteiger partial charge in [-0.1, -0.05) is 0 Å². The summed E-state index contributed by atoms with van der Waals surface area (Å²) in [6.45, 7) is 10.3. The van der Waals surface area contributed by atoms with Crippen LogP contribution < -0.4 is 4.90 Å². The first kappa shape index (κ1) is 16.8. The molecule has 0 amide bonds. The van der Waals surface area contributed by atoms with Gasteiger partial charge in [0.25, 0.3) is 0 Å². The fraction of sp³-hybridized carbons (Fsp3) is 0.412. The molecule has 0 aliphatic heterocycles. The summed E-state index contributed by atoms with van der Waals surface area (Å²) in [6.07, 6.45) is 0. The first-order valence-electron chi connectivity index (χ1n) is 7.60. The van der Waals surface area contributed by atoms with E-state index < -0.39 is 0 Å². The topological polar surface area (TPSA) is 42.4 Å². The summed E-state index contributed by atoms with van der Waals surface area (Å²) < 4.78 is 7.23. The molecule has 2 rings (SSSR count). The van der Waals surface area contributed by atoms with E-state index in [1.54, 1.807) is 0 Å². The molecule has 0 aliphatic rings. The number of aromatic nitrogens is 1. The Morgan fingerprint density at radius 3 is 2.59 bits per heavy atom. The Balaban J connectivity index is 2.52. The van der Waals surface area contributed by atoms with E-state index in [-0.39, 0.29) is 20.5 Å². The van der Waals surface area contributed by atoms with Crippen molar-refractivity contribution in [1.29, 1.82) is 0 Å². The van der Waals surface area contributed by atoms with Crippen molar-refractivity contribution in [1.82, 2.24) is 4.98 Å². The first-order chi connectivity index (χ1) is 10.6. The molecule has 1 aromatic carbocycles. The second-order valence-corrected chi connectivity index (χ2v) is 6.99. The van der Waals surface area contributed by atoms with Crippen LogP contribution in [0, 0.1) is 6.92 Å². The van der Waals surface area contributed by atoms with Crippen molar-refractivity contribution < 1.29 is 9.53 Å². The zero-order valence-corrected chi connectivity index (χ0v) is 15.3. The fourth-order valence-electron chi connectivity index (χ4n) is 2.26. The predicted molar refractivity (Wildman–Crippen MR) is 90.9 cm³/mol. The monoisotopic (exact) mass is 366 g/mol. The maximum atomic E-state index is 12.3. The van der Waals surface area contributed by atoms with Crippen molar-refractivity contribution in [3.05, 3.63) is 35.5 Å². The maximum absolute atomic E-state index is 12.3. The fourth-order valence-corrected chi connectivity index (χ4v) is 4.73. The number of ether oxygens (including phenoxy) is 1. The summed E-state index contributed by atoms with van der Waals surface area (Å²) in [6, 6.07) is 8.23. The summed E-state index contributed by atoms with van der Waals surface area (Å²) in [5.41, 5.74) is 2.74. The van der Waals surface area contributed by atoms with Crippen molar-refractivity contribution in [2.24, 2.45) is 0 Å². The quantitative estimate of drug-likeness (QED) is 0.583. The average Bonchev–Trinajstić information content (AvgIpc) is 2.94. The van der Waals surface area contributed by atoms with E-state index in [1.807, 2.05) is 19.1 Å². The summed E-state index contributed by atoms with van der Waals surface area (Å²) in [7, 11) is 0. The molecule has 0 radical (unpaired) electrons. The Bertz CT molecular complexity index is 648. The van der Waals surface area contributed by atoms with Crippen molar-refractivity contribution in [2.75, 3.05) is 24.6 Å². The summed E-state index contributed by atoms with van der Waals surface area (Å²) >= 11 is 0.0297. The van der Waals surface area contributed by atoms with E-state index in [4.69, 9.17) is 4.74 Å². The predicted octanol–water partition coefficient (Wildman–Crippen LogP) is 3.14. The Labute approximate surface area is 137 Å². The third-order valence-corrected chi connectivity index (χ3v) is 5.84. The van der Waals surface area contributed by atoms with E-state index in [0.29, 0.717) is 12.3 Å². The van der Waals surface area contributed by atoms with Crippen molar-refractivity contribution in [3.8, 4) is 10.0 Å². The zero-order chi connectivity index (χ0) is 16.1. The number of nitrogens with zero attached hydrogens (tertiary/aromatic N) is 2. The summed E-state index contributed by atoms with van der Waals surface area (Å²) in [5, 5.41) is 0. The van der Waals surface area contributed by atoms with Gasteiger partial charge in [0.15, 0.2) is 0 Å². The molecule has 1 aromatic heterocycles. The normalized spacial score (nSPS) is 10.5. The zero-order valence-electron chi connectivity index (χ0n) is 13.5. The molecular formula is C17H22N2O2Se. The Morgan fingerprint density at radius 1 is 1.27 bits per heavy atom. The Kier molecular flexibility index (Phi) is 5.81. The molecular weight excluding hydrogens is 343 g/mol. The second-order valence-electron chi connectivity index (χ2n) is 4.94. The molecule has 0 fully saturated rings. The van der Waals surface area contributed by atoms with Crippen LogP contribution in [-0.4, -0.2) is 45.2 Å². The molecule has 5 heteroatoms. The van der Waals surface area contributed by atoms with Gasteiger partial charge in [-0.3, -0.25) is 0 Å². The van der Waals surface area contributed by atoms with E-state index in [9.17, 15) is 4.79 Å². The molecule has 22 heavy (non-hydrogen) atoms. The number of carbonyl (C=O) groups excluding carboxylic acids is 1. The first-order valence-corrected chi connectivity index (χ1v) is 9.31. The van der Waals surface area contributed by atoms with Gasteiger partial charge >= 0.3 is 137 Å². The SMILES string of the molecule is CCOC(=O)c1nc(N(CC)CC)[se]c1-c1cccc(C)c1. The van der Waals surface area contributed by atoms with Crippen LogP contribution in [0.25, 0.3) is 10.0 Å². The van der Waals surface area contributed by atoms with Gasteiger partial charge in [-0.2, -0.15) is 0 Å². The van der Waals surface area contributed by atoms with E-state index in [1.165, 1.54) is 5.56 Å². The second kappa shape index (κ2) is 7.61. The molecule has 0 spiro atoms. The molecule has 0 atom stereocenters. The van der Waals surface area contributed by atoms with Crippen LogP contribution in [0.15, 0.2) is 24.3 Å². The molecule has 2 aromatic rings. The summed E-state index contributed by atoms with van der Waals surface area (Å²) in [4.78, 5) is 19.1. The van der Waals surface area contributed by atoms with Crippen molar-refractivity contribution >= 4 is 25.2 Å². The number of rotatable bonds is 6. The molecule has 0 N–H and O–H groups in total. The van der Waals surface area contributed by atoms with Crippen LogP contribution >= 0.6 is 0 Å². The number of hydrogen-bond acceptors (Lipinski definition) is 4. The number of aryl methyl sites for hydroxylation is 1. The van der Waals surface area contributed by atoms with Gasteiger partial charge in [-0.25, -0.2) is 0 Å². The van der Waals surface area contributed by atoms with Crippen LogP contribution in [0.1, 0.15) is 36.8 Å². The van der Waals surface area contributed by atoms with Crippen LogP contribution in [0.5, 0.6) is 0 Å². The van der Waals surface area contributed by atoms with Crippen LogP contribution in [0.4, 0.5) is 4.69 Å². The third kappa shape index (κ3) is 3.60. The van der Waals surface area contributed by atoms with E-state index in [0.717, 1.165) is 27.8 Å². The minimum absolute atomic E-state index is 0.0297. The van der Waals surface area contributed by atoms with Crippen LogP contribution in [-0.2, 0) is 4.74 Å². The molecule has 0 saturated carbocycles. The van der Waals surface area contributed by atoms with Crippen LogP contribution in [0.3, 0.4) is 0 Å². The average molecular weight is 365 g/mol. The molecule has 0 aliphatic carbocycles. The van der Waals surface area contributed by atoms with Gasteiger partial charge in [-0.15, -0.1) is 0 Å². The standard InChI is InChI=1S/C17H22N2O2Se/c1-5-19(6-2)17-18-14(16(20)21-7-3)15(22-17)13-10-8-9-12(4)11-13/h8-11H,5-7H2,1-4H3. The van der Waals surface area contributed by atoms with Gasteiger partial charge in [0.05, 0.1) is 0 Å². The molecule has 0 bridgehead atoms. The van der Waals surface area contributed by atoms with Gasteiger partial charge in [-0.05, 0) is 0 Å². The number of carbonyl (C=O) groups is 1. The minimum atomic E-state index is -0.317. The molecule has 4 nitrogen and oxygen atoms in total. The molecule has 0 unspecified atom stereocenters. The third-order valence-electron chi connectivity index (χ3n) is 3.40. The van der Waals surface area contributed by atoms with Crippen molar-refractivity contribution in [3.63, 3.8) is 0 Å². The number of benzene rings is 1. The Morgan fingerprint density at radius 2 is 2.00 bits per heavy atom. The van der Waals surface area contributed by atoms with Gasteiger partial charge < -0.3 is 0 Å². The summed E-state index contributed by atoms with van der Waals surface area (Å²) in [5.74, 6) is -0.317. The number of hydrogen-bond donors (Lipinski definition) is 0. The van der Waals surface area contributed by atoms with Gasteiger partial charge in [0, 0.05) is 0 Å². The molecule has 0 saturated heterocycles. The van der Waals surface area contributed by atoms with Gasteiger partial charge in [0.1, 0.15) is 0 Å². The van der Waals surface area contributed by atoms with E-state index in [2.05, 4.69) is 42.8 Å². The molecule has 1 heterocycles. The number of esters is 1.